The monoisotopic (exact) mass is 423 g/mol. The maximum Gasteiger partial charge on any atom is 0.422 e. The second-order valence-corrected chi connectivity index (χ2v) is 7.65. The molecule has 0 aromatic rings. The van der Waals surface area contributed by atoms with Gasteiger partial charge in [0.05, 0.1) is 6.04 Å². The zero-order valence-electron chi connectivity index (χ0n) is 16.9. The molecule has 0 spiro atoms. The lowest BCUT2D eigenvalue weighted by Crippen LogP contribution is -2.39. The van der Waals surface area contributed by atoms with E-state index in [1.165, 1.54) is 12.3 Å². The number of alkyl halides is 3. The number of hydrogen-bond donors (Lipinski definition) is 1. The Kier molecular flexibility index (Phi) is 6.19. The molecule has 1 saturated carbocycles. The van der Waals surface area contributed by atoms with Crippen LogP contribution in [0, 0.1) is 5.92 Å². The SMILES string of the molecule is C=N/C=C\C1=C(C(=O)C2CC2)C(C)N(CC2=CC(C)=C(OCC(F)(F)F)NC2)C1=O. The average molecular weight is 423 g/mol. The molecule has 0 saturated heterocycles. The highest BCUT2D eigenvalue weighted by Crippen LogP contribution is 2.38. The number of rotatable bonds is 8. The summed E-state index contributed by atoms with van der Waals surface area (Å²) >= 11 is 0. The summed E-state index contributed by atoms with van der Waals surface area (Å²) in [6, 6.07) is -0.400. The topological polar surface area (TPSA) is 71.0 Å². The number of dihydropyridines is 1. The van der Waals surface area contributed by atoms with Gasteiger partial charge < -0.3 is 15.0 Å². The van der Waals surface area contributed by atoms with Gasteiger partial charge in [-0.25, -0.2) is 0 Å². The summed E-state index contributed by atoms with van der Waals surface area (Å²) in [5.74, 6) is -0.227. The molecule has 3 rings (SSSR count). The first kappa shape index (κ1) is 21.9. The lowest BCUT2D eigenvalue weighted by atomic mass is 9.98. The highest BCUT2D eigenvalue weighted by molar-refractivity contribution is 6.13. The number of amides is 1. The Labute approximate surface area is 172 Å². The Hall–Kier alpha value is -2.84. The van der Waals surface area contributed by atoms with Gasteiger partial charge in [-0.15, -0.1) is 0 Å². The molecule has 9 heteroatoms. The summed E-state index contributed by atoms with van der Waals surface area (Å²) < 4.78 is 41.9. The summed E-state index contributed by atoms with van der Waals surface area (Å²) in [5.41, 5.74) is 2.14. The summed E-state index contributed by atoms with van der Waals surface area (Å²) in [4.78, 5) is 31.0. The van der Waals surface area contributed by atoms with Crippen molar-refractivity contribution >= 4 is 18.4 Å². The number of allylic oxidation sites excluding steroid dienone is 2. The number of aliphatic imine (C=N–C) groups is 1. The van der Waals surface area contributed by atoms with Crippen LogP contribution in [0.5, 0.6) is 0 Å². The van der Waals surface area contributed by atoms with Crippen LogP contribution in [-0.4, -0.2) is 55.2 Å². The number of hydrogen-bond acceptors (Lipinski definition) is 5. The molecule has 1 atom stereocenters. The van der Waals surface area contributed by atoms with E-state index in [0.717, 1.165) is 18.4 Å². The minimum absolute atomic E-state index is 0.00303. The number of halogens is 3. The molecule has 1 fully saturated rings. The number of nitrogens with zero attached hydrogens (tertiary/aromatic N) is 2. The molecule has 6 nitrogen and oxygen atoms in total. The van der Waals surface area contributed by atoms with Crippen molar-refractivity contribution in [2.45, 2.75) is 38.9 Å². The van der Waals surface area contributed by atoms with Crippen molar-refractivity contribution < 1.29 is 27.5 Å². The lowest BCUT2D eigenvalue weighted by Gasteiger charge is -2.28. The first-order chi connectivity index (χ1) is 14.1. The number of carbonyl (C=O) groups is 2. The summed E-state index contributed by atoms with van der Waals surface area (Å²) in [6.07, 6.45) is 1.87. The van der Waals surface area contributed by atoms with E-state index in [4.69, 9.17) is 4.74 Å². The van der Waals surface area contributed by atoms with Gasteiger partial charge >= 0.3 is 6.18 Å². The smallest absolute Gasteiger partial charge is 0.422 e. The molecule has 0 radical (unpaired) electrons. The van der Waals surface area contributed by atoms with E-state index in [1.54, 1.807) is 17.9 Å². The Bertz CT molecular complexity index is 880. The molecule has 1 unspecified atom stereocenters. The van der Waals surface area contributed by atoms with Gasteiger partial charge in [0.25, 0.3) is 5.91 Å². The van der Waals surface area contributed by atoms with E-state index in [9.17, 15) is 22.8 Å². The largest absolute Gasteiger partial charge is 0.469 e. The number of ether oxygens (including phenoxy) is 1. The fraction of sp³-hybridized carbons (Fsp3) is 0.476. The molecular formula is C21H24F3N3O3. The van der Waals surface area contributed by atoms with Crippen molar-refractivity contribution in [3.63, 3.8) is 0 Å². The van der Waals surface area contributed by atoms with Crippen LogP contribution in [0.3, 0.4) is 0 Å². The van der Waals surface area contributed by atoms with Gasteiger partial charge in [0.1, 0.15) is 0 Å². The van der Waals surface area contributed by atoms with E-state index >= 15 is 0 Å². The summed E-state index contributed by atoms with van der Waals surface area (Å²) in [5, 5.41) is 2.84. The van der Waals surface area contributed by atoms with Crippen molar-refractivity contribution in [1.82, 2.24) is 10.2 Å². The Balaban J connectivity index is 1.76. The molecular weight excluding hydrogens is 399 g/mol. The normalized spacial score (nSPS) is 22.6. The molecule has 1 aliphatic carbocycles. The van der Waals surface area contributed by atoms with Crippen LogP contribution >= 0.6 is 0 Å². The van der Waals surface area contributed by atoms with Crippen LogP contribution in [0.2, 0.25) is 0 Å². The van der Waals surface area contributed by atoms with Crippen molar-refractivity contribution in [1.29, 1.82) is 0 Å². The molecule has 0 aromatic carbocycles. The van der Waals surface area contributed by atoms with E-state index in [0.29, 0.717) is 16.7 Å². The standard InChI is InChI=1S/C21H24F3N3O3/c1-12-8-14(9-26-19(12)30-11-21(22,23)24)10-27-13(2)17(18(28)15-4-5-15)16(20(27)29)6-7-25-3/h6-8,13,15,26H,3-5,9-11H2,1-2H3/b7-6-. The van der Waals surface area contributed by atoms with Crippen molar-refractivity contribution in [2.24, 2.45) is 10.9 Å². The summed E-state index contributed by atoms with van der Waals surface area (Å²) in [7, 11) is 0. The number of ketones is 1. The van der Waals surface area contributed by atoms with Gasteiger partial charge in [-0.2, -0.15) is 13.2 Å². The fourth-order valence-corrected chi connectivity index (χ4v) is 3.62. The van der Waals surface area contributed by atoms with Crippen LogP contribution in [0.4, 0.5) is 13.2 Å². The van der Waals surface area contributed by atoms with Crippen LogP contribution in [-0.2, 0) is 14.3 Å². The zero-order chi connectivity index (χ0) is 22.1. The maximum absolute atomic E-state index is 13.0. The quantitative estimate of drug-likeness (QED) is 0.610. The minimum atomic E-state index is -4.42. The van der Waals surface area contributed by atoms with E-state index < -0.39 is 18.8 Å². The maximum atomic E-state index is 13.0. The molecule has 3 aliphatic rings. The third kappa shape index (κ3) is 4.83. The van der Waals surface area contributed by atoms with Gasteiger partial charge in [-0.1, -0.05) is 6.08 Å². The van der Waals surface area contributed by atoms with Crippen molar-refractivity contribution in [3.05, 3.63) is 46.5 Å². The molecule has 162 valence electrons. The molecule has 30 heavy (non-hydrogen) atoms. The van der Waals surface area contributed by atoms with Gasteiger partial charge in [-0.3, -0.25) is 14.6 Å². The number of carbonyl (C=O) groups excluding carboxylic acids is 2. The molecule has 2 heterocycles. The molecule has 0 bridgehead atoms. The van der Waals surface area contributed by atoms with Crippen molar-refractivity contribution in [2.75, 3.05) is 19.7 Å². The highest BCUT2D eigenvalue weighted by Gasteiger charge is 2.43. The fourth-order valence-electron chi connectivity index (χ4n) is 3.62. The Morgan fingerprint density at radius 3 is 2.70 bits per heavy atom. The summed E-state index contributed by atoms with van der Waals surface area (Å²) in [6.45, 7) is 5.93. The predicted molar refractivity (Wildman–Crippen MR) is 105 cm³/mol. The third-order valence-corrected chi connectivity index (χ3v) is 5.24. The first-order valence-electron chi connectivity index (χ1n) is 9.68. The molecule has 1 N–H and O–H groups in total. The predicted octanol–water partition coefficient (Wildman–Crippen LogP) is 3.05. The van der Waals surface area contributed by atoms with Crippen LogP contribution in [0.15, 0.2) is 51.5 Å². The molecule has 2 aliphatic heterocycles. The van der Waals surface area contributed by atoms with Gasteiger partial charge in [-0.05, 0) is 45.1 Å². The third-order valence-electron chi connectivity index (χ3n) is 5.24. The van der Waals surface area contributed by atoms with E-state index in [2.05, 4.69) is 17.0 Å². The van der Waals surface area contributed by atoms with Crippen molar-refractivity contribution in [3.8, 4) is 0 Å². The average Bonchev–Trinajstić information content (AvgIpc) is 3.48. The Morgan fingerprint density at radius 2 is 2.13 bits per heavy atom. The molecule has 1 amide bonds. The molecule has 0 aromatic heterocycles. The van der Waals surface area contributed by atoms with Crippen LogP contribution in [0.25, 0.3) is 0 Å². The van der Waals surface area contributed by atoms with Crippen LogP contribution in [0.1, 0.15) is 26.7 Å². The van der Waals surface area contributed by atoms with Crippen LogP contribution < -0.4 is 5.32 Å². The second-order valence-electron chi connectivity index (χ2n) is 7.65. The van der Waals surface area contributed by atoms with E-state index in [-0.39, 0.29) is 36.6 Å². The van der Waals surface area contributed by atoms with Gasteiger partial charge in [0.15, 0.2) is 18.3 Å². The minimum Gasteiger partial charge on any atom is -0.469 e. The second kappa shape index (κ2) is 8.49. The van der Waals surface area contributed by atoms with E-state index in [1.807, 2.05) is 6.92 Å². The number of Topliss-reactive ketones (excluding diaryl/α,β-unsaturated/α-hetero) is 1. The zero-order valence-corrected chi connectivity index (χ0v) is 16.9. The number of nitrogens with one attached hydrogen (secondary N) is 1. The highest BCUT2D eigenvalue weighted by atomic mass is 19.4. The van der Waals surface area contributed by atoms with Gasteiger partial charge in [0, 0.05) is 41.9 Å². The van der Waals surface area contributed by atoms with Gasteiger partial charge in [0.2, 0.25) is 0 Å². The lowest BCUT2D eigenvalue weighted by molar-refractivity contribution is -0.166. The first-order valence-corrected chi connectivity index (χ1v) is 9.68. The Morgan fingerprint density at radius 1 is 1.43 bits per heavy atom.